The van der Waals surface area contributed by atoms with E-state index in [0.29, 0.717) is 17.9 Å². The van der Waals surface area contributed by atoms with E-state index in [-0.39, 0.29) is 18.2 Å². The molecular weight excluding hydrogens is 352 g/mol. The summed E-state index contributed by atoms with van der Waals surface area (Å²) in [6.45, 7) is 2.23. The monoisotopic (exact) mass is 374 g/mol. The Morgan fingerprint density at radius 1 is 1.04 bits per heavy atom. The van der Waals surface area contributed by atoms with Crippen LogP contribution in [0.3, 0.4) is 0 Å². The molecule has 0 aliphatic carbocycles. The maximum Gasteiger partial charge on any atom is 0.245 e. The molecule has 26 heavy (non-hydrogen) atoms. The molecule has 1 saturated heterocycles. The molecule has 1 aliphatic rings. The van der Waals surface area contributed by atoms with Crippen molar-refractivity contribution in [3.8, 4) is 5.75 Å². The van der Waals surface area contributed by atoms with Crippen LogP contribution in [0, 0.1) is 0 Å². The molecule has 0 radical (unpaired) electrons. The van der Waals surface area contributed by atoms with Crippen LogP contribution in [0.5, 0.6) is 5.75 Å². The number of hydrogen-bond donors (Lipinski definition) is 0. The fourth-order valence-electron chi connectivity index (χ4n) is 3.12. The highest BCUT2D eigenvalue weighted by molar-refractivity contribution is 7.88. The van der Waals surface area contributed by atoms with Gasteiger partial charge in [0.25, 0.3) is 0 Å². The van der Waals surface area contributed by atoms with E-state index in [0.717, 1.165) is 5.69 Å². The van der Waals surface area contributed by atoms with Gasteiger partial charge >= 0.3 is 0 Å². The maximum atomic E-state index is 12.8. The fourth-order valence-corrected chi connectivity index (χ4v) is 4.83. The van der Waals surface area contributed by atoms with E-state index >= 15 is 0 Å². The summed E-state index contributed by atoms with van der Waals surface area (Å²) in [6.07, 6.45) is 0. The van der Waals surface area contributed by atoms with Gasteiger partial charge in [0.05, 0.1) is 12.9 Å². The van der Waals surface area contributed by atoms with Gasteiger partial charge in [-0.15, -0.1) is 0 Å². The summed E-state index contributed by atoms with van der Waals surface area (Å²) in [6, 6.07) is 15.4. The molecule has 0 aromatic heterocycles. The van der Waals surface area contributed by atoms with Gasteiger partial charge in [0, 0.05) is 18.8 Å². The Bertz CT molecular complexity index is 866. The summed E-state index contributed by atoms with van der Waals surface area (Å²) in [7, 11) is -1.99. The zero-order valence-electron chi connectivity index (χ0n) is 14.8. The van der Waals surface area contributed by atoms with Crippen LogP contribution in [0.2, 0.25) is 0 Å². The second-order valence-corrected chi connectivity index (χ2v) is 8.14. The van der Waals surface area contributed by atoms with E-state index < -0.39 is 16.1 Å². The minimum absolute atomic E-state index is 0.103. The quantitative estimate of drug-likeness (QED) is 0.805. The summed E-state index contributed by atoms with van der Waals surface area (Å²) < 4.78 is 32.0. The number of rotatable bonds is 5. The fraction of sp³-hybridized carbons (Fsp3) is 0.316. The summed E-state index contributed by atoms with van der Waals surface area (Å²) in [5, 5.41) is 0. The largest absolute Gasteiger partial charge is 0.497 e. The molecule has 138 valence electrons. The Kier molecular flexibility index (Phi) is 5.29. The van der Waals surface area contributed by atoms with Gasteiger partial charge < -0.3 is 9.64 Å². The van der Waals surface area contributed by atoms with Crippen LogP contribution in [0.4, 0.5) is 5.69 Å². The summed E-state index contributed by atoms with van der Waals surface area (Å²) in [5.74, 6) is 0.380. The van der Waals surface area contributed by atoms with Crippen molar-refractivity contribution < 1.29 is 17.9 Å². The van der Waals surface area contributed by atoms with Gasteiger partial charge in [-0.2, -0.15) is 4.31 Å². The number of amides is 1. The Balaban J connectivity index is 1.76. The van der Waals surface area contributed by atoms with E-state index in [1.165, 1.54) is 4.31 Å². The van der Waals surface area contributed by atoms with E-state index in [1.54, 1.807) is 67.5 Å². The van der Waals surface area contributed by atoms with Gasteiger partial charge in [0.15, 0.2) is 0 Å². The second-order valence-electron chi connectivity index (χ2n) is 6.22. The lowest BCUT2D eigenvalue weighted by Crippen LogP contribution is -2.57. The standard InChI is InChI=1S/C19H22N2O4S/c1-15-19(22)20(17-8-10-18(25-2)11-9-17)12-13-21(15)26(23,24)14-16-6-4-3-5-7-16/h3-11,15H,12-14H2,1-2H3/t15-/m0/s1. The van der Waals surface area contributed by atoms with Gasteiger partial charge in [-0.1, -0.05) is 30.3 Å². The molecule has 6 nitrogen and oxygen atoms in total. The molecule has 1 fully saturated rings. The molecule has 0 saturated carbocycles. The highest BCUT2D eigenvalue weighted by Gasteiger charge is 2.38. The van der Waals surface area contributed by atoms with Gasteiger partial charge in [-0.3, -0.25) is 4.79 Å². The molecule has 2 aromatic carbocycles. The normalized spacial score (nSPS) is 18.8. The lowest BCUT2D eigenvalue weighted by atomic mass is 10.2. The van der Waals surface area contributed by atoms with Crippen LogP contribution >= 0.6 is 0 Å². The molecule has 0 unspecified atom stereocenters. The van der Waals surface area contributed by atoms with Gasteiger partial charge in [-0.25, -0.2) is 8.42 Å². The van der Waals surface area contributed by atoms with E-state index in [9.17, 15) is 13.2 Å². The minimum Gasteiger partial charge on any atom is -0.497 e. The van der Waals surface area contributed by atoms with Crippen LogP contribution in [0.1, 0.15) is 12.5 Å². The topological polar surface area (TPSA) is 66.9 Å². The Morgan fingerprint density at radius 3 is 2.31 bits per heavy atom. The SMILES string of the molecule is COc1ccc(N2CCN(S(=O)(=O)Cc3ccccc3)[C@@H](C)C2=O)cc1. The van der Waals surface area contributed by atoms with Crippen molar-refractivity contribution in [3.63, 3.8) is 0 Å². The third-order valence-electron chi connectivity index (χ3n) is 4.53. The molecule has 1 aliphatic heterocycles. The molecular formula is C19H22N2O4S. The van der Waals surface area contributed by atoms with E-state index in [4.69, 9.17) is 4.74 Å². The molecule has 0 N–H and O–H groups in total. The van der Waals surface area contributed by atoms with Crippen molar-refractivity contribution in [2.75, 3.05) is 25.1 Å². The summed E-state index contributed by atoms with van der Waals surface area (Å²) in [5.41, 5.74) is 1.45. The number of sulfonamides is 1. The van der Waals surface area contributed by atoms with Crippen molar-refractivity contribution in [3.05, 3.63) is 60.2 Å². The van der Waals surface area contributed by atoms with Crippen molar-refractivity contribution in [1.29, 1.82) is 0 Å². The zero-order chi connectivity index (χ0) is 18.7. The lowest BCUT2D eigenvalue weighted by Gasteiger charge is -2.38. The Hall–Kier alpha value is -2.38. The number of ether oxygens (including phenoxy) is 1. The Labute approximate surface area is 154 Å². The number of carbonyl (C=O) groups excluding carboxylic acids is 1. The summed E-state index contributed by atoms with van der Waals surface area (Å²) >= 11 is 0. The number of piperazine rings is 1. The van der Waals surface area contributed by atoms with Crippen molar-refractivity contribution in [2.45, 2.75) is 18.7 Å². The first-order chi connectivity index (χ1) is 12.4. The van der Waals surface area contributed by atoms with Crippen LogP contribution in [-0.4, -0.2) is 44.9 Å². The molecule has 1 atom stereocenters. The average molecular weight is 374 g/mol. The molecule has 1 amide bonds. The molecule has 0 bridgehead atoms. The maximum absolute atomic E-state index is 12.8. The van der Waals surface area contributed by atoms with Crippen LogP contribution < -0.4 is 9.64 Å². The van der Waals surface area contributed by atoms with Crippen LogP contribution in [0.15, 0.2) is 54.6 Å². The highest BCUT2D eigenvalue weighted by Crippen LogP contribution is 2.25. The smallest absolute Gasteiger partial charge is 0.245 e. The van der Waals surface area contributed by atoms with Crippen LogP contribution in [-0.2, 0) is 20.6 Å². The van der Waals surface area contributed by atoms with Gasteiger partial charge in [0.2, 0.25) is 15.9 Å². The number of anilines is 1. The first-order valence-corrected chi connectivity index (χ1v) is 10.0. The molecule has 7 heteroatoms. The lowest BCUT2D eigenvalue weighted by molar-refractivity contribution is -0.123. The first-order valence-electron chi connectivity index (χ1n) is 8.41. The molecule has 1 heterocycles. The third kappa shape index (κ3) is 3.73. The highest BCUT2D eigenvalue weighted by atomic mass is 32.2. The number of methoxy groups -OCH3 is 1. The minimum atomic E-state index is -3.57. The molecule has 0 spiro atoms. The third-order valence-corrected chi connectivity index (χ3v) is 6.44. The number of nitrogens with zero attached hydrogens (tertiary/aromatic N) is 2. The second kappa shape index (κ2) is 7.47. The number of carbonyl (C=O) groups is 1. The van der Waals surface area contributed by atoms with Crippen molar-refractivity contribution in [1.82, 2.24) is 4.31 Å². The zero-order valence-corrected chi connectivity index (χ0v) is 15.6. The summed E-state index contributed by atoms with van der Waals surface area (Å²) in [4.78, 5) is 14.4. The predicted octanol–water partition coefficient (Wildman–Crippen LogP) is 2.26. The predicted molar refractivity (Wildman–Crippen MR) is 101 cm³/mol. The van der Waals surface area contributed by atoms with Gasteiger partial charge in [0.1, 0.15) is 11.8 Å². The van der Waals surface area contributed by atoms with Crippen molar-refractivity contribution >= 4 is 21.6 Å². The van der Waals surface area contributed by atoms with Gasteiger partial charge in [-0.05, 0) is 36.8 Å². The molecule has 3 rings (SSSR count). The molecule has 2 aromatic rings. The number of hydrogen-bond acceptors (Lipinski definition) is 4. The van der Waals surface area contributed by atoms with E-state index in [1.807, 2.05) is 6.07 Å². The Morgan fingerprint density at radius 2 is 1.69 bits per heavy atom. The average Bonchev–Trinajstić information content (AvgIpc) is 2.64. The van der Waals surface area contributed by atoms with Crippen molar-refractivity contribution in [2.24, 2.45) is 0 Å². The van der Waals surface area contributed by atoms with E-state index in [2.05, 4.69) is 0 Å². The first kappa shape index (κ1) is 18.4. The number of benzene rings is 2. The van der Waals surface area contributed by atoms with Crippen LogP contribution in [0.25, 0.3) is 0 Å².